The predicted octanol–water partition coefficient (Wildman–Crippen LogP) is 2.64. The van der Waals surface area contributed by atoms with Gasteiger partial charge in [-0.3, -0.25) is 9.48 Å². The van der Waals surface area contributed by atoms with Gasteiger partial charge in [0.1, 0.15) is 12.4 Å². The second kappa shape index (κ2) is 6.81. The number of piperazine rings is 1. The molecule has 0 spiro atoms. The zero-order valence-corrected chi connectivity index (χ0v) is 14.6. The van der Waals surface area contributed by atoms with Crippen molar-refractivity contribution < 1.29 is 9.18 Å². The minimum absolute atomic E-state index is 0.0380. The van der Waals surface area contributed by atoms with Gasteiger partial charge in [0.05, 0.1) is 16.4 Å². The van der Waals surface area contributed by atoms with E-state index in [0.29, 0.717) is 18.1 Å². The number of nitrogens with zero attached hydrogens (tertiary/aromatic N) is 4. The molecular weight excluding hydrogens is 331 g/mol. The summed E-state index contributed by atoms with van der Waals surface area (Å²) in [6.45, 7) is 6.65. The molecule has 0 radical (unpaired) electrons. The fraction of sp³-hybridized carbons (Fsp3) is 0.412. The molecule has 1 aromatic carbocycles. The van der Waals surface area contributed by atoms with Crippen LogP contribution in [0, 0.1) is 19.7 Å². The molecule has 0 atom stereocenters. The van der Waals surface area contributed by atoms with Crippen LogP contribution in [-0.2, 0) is 11.3 Å². The van der Waals surface area contributed by atoms with Crippen molar-refractivity contribution in [1.29, 1.82) is 0 Å². The van der Waals surface area contributed by atoms with Gasteiger partial charge in [-0.2, -0.15) is 5.10 Å². The molecule has 128 valence electrons. The van der Waals surface area contributed by atoms with Gasteiger partial charge in [-0.05, 0) is 38.1 Å². The highest BCUT2D eigenvalue weighted by Crippen LogP contribution is 2.20. The van der Waals surface area contributed by atoms with Crippen LogP contribution in [0.2, 0.25) is 5.02 Å². The van der Waals surface area contributed by atoms with Crippen molar-refractivity contribution in [3.63, 3.8) is 0 Å². The van der Waals surface area contributed by atoms with E-state index in [1.165, 1.54) is 12.1 Å². The van der Waals surface area contributed by atoms with Crippen molar-refractivity contribution in [2.75, 3.05) is 31.1 Å². The highest BCUT2D eigenvalue weighted by Gasteiger charge is 2.22. The molecule has 1 fully saturated rings. The summed E-state index contributed by atoms with van der Waals surface area (Å²) in [4.78, 5) is 16.5. The van der Waals surface area contributed by atoms with E-state index in [4.69, 9.17) is 11.6 Å². The molecule has 0 N–H and O–H groups in total. The number of carbonyl (C=O) groups is 1. The Balaban J connectivity index is 1.59. The molecule has 1 aromatic heterocycles. The molecule has 1 aliphatic heterocycles. The van der Waals surface area contributed by atoms with Crippen molar-refractivity contribution >= 4 is 23.2 Å². The van der Waals surface area contributed by atoms with Gasteiger partial charge in [-0.1, -0.05) is 11.6 Å². The molecule has 0 aliphatic carbocycles. The Hall–Kier alpha value is -2.08. The quantitative estimate of drug-likeness (QED) is 0.854. The van der Waals surface area contributed by atoms with Crippen molar-refractivity contribution in [3.05, 3.63) is 46.5 Å². The van der Waals surface area contributed by atoms with Crippen LogP contribution in [0.3, 0.4) is 0 Å². The van der Waals surface area contributed by atoms with Gasteiger partial charge in [-0.15, -0.1) is 0 Å². The molecule has 7 heteroatoms. The van der Waals surface area contributed by atoms with E-state index in [9.17, 15) is 9.18 Å². The van der Waals surface area contributed by atoms with Gasteiger partial charge < -0.3 is 9.80 Å². The third-order valence-corrected chi connectivity index (χ3v) is 4.95. The maximum absolute atomic E-state index is 13.0. The Bertz CT molecular complexity index is 736. The summed E-state index contributed by atoms with van der Waals surface area (Å²) in [6.07, 6.45) is 0. The first-order valence-corrected chi connectivity index (χ1v) is 8.31. The molecule has 2 aromatic rings. The number of aryl methyl sites for hydroxylation is 1. The molecule has 1 aliphatic rings. The number of hydrogen-bond acceptors (Lipinski definition) is 3. The lowest BCUT2D eigenvalue weighted by Gasteiger charge is -2.36. The van der Waals surface area contributed by atoms with E-state index in [0.717, 1.165) is 30.2 Å². The SMILES string of the molecule is Cc1nn(CC(=O)N2CCN(c3ccc(F)cc3)CC2)c(C)c1Cl. The molecule has 2 heterocycles. The number of rotatable bonds is 3. The van der Waals surface area contributed by atoms with Crippen molar-refractivity contribution in [2.45, 2.75) is 20.4 Å². The molecule has 3 rings (SSSR count). The Kier molecular flexibility index (Phi) is 4.76. The number of anilines is 1. The summed E-state index contributed by atoms with van der Waals surface area (Å²) in [5.41, 5.74) is 2.53. The van der Waals surface area contributed by atoms with Crippen LogP contribution < -0.4 is 4.90 Å². The van der Waals surface area contributed by atoms with Crippen molar-refractivity contribution in [2.24, 2.45) is 0 Å². The van der Waals surface area contributed by atoms with Gasteiger partial charge in [0, 0.05) is 31.9 Å². The smallest absolute Gasteiger partial charge is 0.244 e. The minimum Gasteiger partial charge on any atom is -0.368 e. The first-order valence-electron chi connectivity index (χ1n) is 7.93. The van der Waals surface area contributed by atoms with E-state index in [-0.39, 0.29) is 18.3 Å². The van der Waals surface area contributed by atoms with Crippen LogP contribution in [0.4, 0.5) is 10.1 Å². The van der Waals surface area contributed by atoms with Crippen LogP contribution >= 0.6 is 11.6 Å². The van der Waals surface area contributed by atoms with Crippen molar-refractivity contribution in [1.82, 2.24) is 14.7 Å². The number of amides is 1. The van der Waals surface area contributed by atoms with E-state index < -0.39 is 0 Å². The Morgan fingerprint density at radius 1 is 1.17 bits per heavy atom. The second-order valence-corrected chi connectivity index (χ2v) is 6.36. The van der Waals surface area contributed by atoms with E-state index in [1.54, 1.807) is 16.8 Å². The van der Waals surface area contributed by atoms with Crippen LogP contribution in [0.5, 0.6) is 0 Å². The summed E-state index contributed by atoms with van der Waals surface area (Å²) >= 11 is 6.12. The summed E-state index contributed by atoms with van der Waals surface area (Å²) in [5.74, 6) is -0.202. The average molecular weight is 351 g/mol. The summed E-state index contributed by atoms with van der Waals surface area (Å²) in [5, 5.41) is 4.92. The van der Waals surface area contributed by atoms with Gasteiger partial charge in [0.15, 0.2) is 0 Å². The van der Waals surface area contributed by atoms with Crippen LogP contribution in [-0.4, -0.2) is 46.8 Å². The Labute approximate surface area is 145 Å². The van der Waals surface area contributed by atoms with Crippen LogP contribution in [0.1, 0.15) is 11.4 Å². The number of benzene rings is 1. The number of hydrogen-bond donors (Lipinski definition) is 0. The second-order valence-electron chi connectivity index (χ2n) is 5.99. The Morgan fingerprint density at radius 2 is 1.79 bits per heavy atom. The fourth-order valence-corrected chi connectivity index (χ4v) is 3.06. The Morgan fingerprint density at radius 3 is 2.33 bits per heavy atom. The zero-order chi connectivity index (χ0) is 17.3. The standard InChI is InChI=1S/C17H20ClFN4O/c1-12-17(18)13(2)23(20-12)11-16(24)22-9-7-21(8-10-22)15-5-3-14(19)4-6-15/h3-6H,7-11H2,1-2H3. The molecule has 0 saturated carbocycles. The summed E-state index contributed by atoms with van der Waals surface area (Å²) in [7, 11) is 0. The maximum atomic E-state index is 13.0. The lowest BCUT2D eigenvalue weighted by Crippen LogP contribution is -2.49. The number of carbonyl (C=O) groups excluding carboxylic acids is 1. The first-order chi connectivity index (χ1) is 11.5. The zero-order valence-electron chi connectivity index (χ0n) is 13.8. The lowest BCUT2D eigenvalue weighted by atomic mass is 10.2. The molecule has 0 unspecified atom stereocenters. The monoisotopic (exact) mass is 350 g/mol. The van der Waals surface area contributed by atoms with Gasteiger partial charge in [0.2, 0.25) is 5.91 Å². The highest BCUT2D eigenvalue weighted by atomic mass is 35.5. The summed E-state index contributed by atoms with van der Waals surface area (Å²) in [6, 6.07) is 6.45. The fourth-order valence-electron chi connectivity index (χ4n) is 2.92. The average Bonchev–Trinajstić information content (AvgIpc) is 2.83. The maximum Gasteiger partial charge on any atom is 0.244 e. The topological polar surface area (TPSA) is 41.4 Å². The van der Waals surface area contributed by atoms with Crippen LogP contribution in [0.25, 0.3) is 0 Å². The molecule has 24 heavy (non-hydrogen) atoms. The van der Waals surface area contributed by atoms with E-state index in [2.05, 4.69) is 10.00 Å². The van der Waals surface area contributed by atoms with Gasteiger partial charge >= 0.3 is 0 Å². The third kappa shape index (κ3) is 3.38. The lowest BCUT2D eigenvalue weighted by molar-refractivity contribution is -0.132. The van der Waals surface area contributed by atoms with Crippen LogP contribution in [0.15, 0.2) is 24.3 Å². The molecular formula is C17H20ClFN4O. The normalized spacial score (nSPS) is 15.0. The van der Waals surface area contributed by atoms with E-state index >= 15 is 0 Å². The first kappa shape index (κ1) is 16.8. The predicted molar refractivity (Wildman–Crippen MR) is 91.9 cm³/mol. The largest absolute Gasteiger partial charge is 0.368 e. The van der Waals surface area contributed by atoms with Gasteiger partial charge in [0.25, 0.3) is 0 Å². The van der Waals surface area contributed by atoms with Gasteiger partial charge in [-0.25, -0.2) is 4.39 Å². The van der Waals surface area contributed by atoms with Crippen molar-refractivity contribution in [3.8, 4) is 0 Å². The molecule has 0 bridgehead atoms. The highest BCUT2D eigenvalue weighted by molar-refractivity contribution is 6.31. The molecule has 1 amide bonds. The third-order valence-electron chi connectivity index (χ3n) is 4.40. The molecule has 5 nitrogen and oxygen atoms in total. The number of halogens is 2. The minimum atomic E-state index is -0.240. The summed E-state index contributed by atoms with van der Waals surface area (Å²) < 4.78 is 14.7. The van der Waals surface area contributed by atoms with E-state index in [1.807, 2.05) is 18.7 Å². The molecule has 1 saturated heterocycles. The number of aromatic nitrogens is 2.